The molecule has 176 valence electrons. The average molecular weight is 465 g/mol. The van der Waals surface area contributed by atoms with Crippen LogP contribution in [-0.4, -0.2) is 41.5 Å². The van der Waals surface area contributed by atoms with E-state index in [1.807, 2.05) is 0 Å². The Morgan fingerprint density at radius 1 is 0.875 bits per heavy atom. The van der Waals surface area contributed by atoms with Crippen molar-refractivity contribution in [2.24, 2.45) is 5.92 Å². The first-order valence-corrected chi connectivity index (χ1v) is 10.6. The molecule has 1 saturated heterocycles. The Balaban J connectivity index is 1.59. The minimum atomic E-state index is -6.14. The Morgan fingerprint density at radius 2 is 1.50 bits per heavy atom. The summed E-state index contributed by atoms with van der Waals surface area (Å²) in [4.78, 5) is 26.2. The van der Waals surface area contributed by atoms with Gasteiger partial charge < -0.3 is 4.90 Å². The predicted octanol–water partition coefficient (Wildman–Crippen LogP) is 5.37. The summed E-state index contributed by atoms with van der Waals surface area (Å²) in [5.74, 6) is -0.354. The van der Waals surface area contributed by atoms with Crippen LogP contribution in [0, 0.1) is 5.92 Å². The Hall–Kier alpha value is -2.13. The Bertz CT molecular complexity index is 900. The number of amides is 1. The molecule has 1 aromatic rings. The smallest absolute Gasteiger partial charge is 0.339 e. The zero-order valence-electron chi connectivity index (χ0n) is 17.0. The van der Waals surface area contributed by atoms with E-state index in [0.29, 0.717) is 62.8 Å². The van der Waals surface area contributed by atoms with Crippen LogP contribution < -0.4 is 0 Å². The van der Waals surface area contributed by atoms with Gasteiger partial charge in [0.2, 0.25) is 5.91 Å². The van der Waals surface area contributed by atoms with Crippen LogP contribution in [0.15, 0.2) is 18.2 Å². The second-order valence-corrected chi connectivity index (χ2v) is 8.91. The van der Waals surface area contributed by atoms with E-state index < -0.39 is 23.6 Å². The molecule has 0 bridgehead atoms. The first-order chi connectivity index (χ1) is 14.8. The second-order valence-electron chi connectivity index (χ2n) is 8.91. The second kappa shape index (κ2) is 7.73. The first kappa shape index (κ1) is 23.0. The van der Waals surface area contributed by atoms with Gasteiger partial charge in [0.05, 0.1) is 0 Å². The number of halogens is 7. The highest BCUT2D eigenvalue weighted by molar-refractivity contribution is 5.85. The van der Waals surface area contributed by atoms with E-state index in [4.69, 9.17) is 0 Å². The first-order valence-electron chi connectivity index (χ1n) is 10.6. The van der Waals surface area contributed by atoms with E-state index in [0.717, 1.165) is 6.07 Å². The molecule has 32 heavy (non-hydrogen) atoms. The average Bonchev–Trinajstić information content (AvgIpc) is 3.15. The number of hydrogen-bond donors (Lipinski definition) is 0. The highest BCUT2D eigenvalue weighted by Gasteiger charge is 2.73. The monoisotopic (exact) mass is 465 g/mol. The normalized spacial score (nSPS) is 25.0. The molecule has 0 spiro atoms. The van der Waals surface area contributed by atoms with Gasteiger partial charge in [0.15, 0.2) is 0 Å². The maximum absolute atomic E-state index is 14.5. The fraction of sp³-hybridized carbons (Fsp3) is 0.636. The molecule has 2 atom stereocenters. The van der Waals surface area contributed by atoms with Crippen LogP contribution in [0.1, 0.15) is 61.1 Å². The third-order valence-electron chi connectivity index (χ3n) is 7.15. The molecule has 2 aliphatic carbocycles. The van der Waals surface area contributed by atoms with Crippen LogP contribution in [-0.2, 0) is 21.7 Å². The molecule has 1 amide bonds. The van der Waals surface area contributed by atoms with Crippen LogP contribution in [0.4, 0.5) is 30.7 Å². The number of benzene rings is 1. The molecule has 1 heterocycles. The third kappa shape index (κ3) is 3.59. The van der Waals surface area contributed by atoms with Crippen LogP contribution in [0.3, 0.4) is 0 Å². The van der Waals surface area contributed by atoms with Gasteiger partial charge in [-0.3, -0.25) is 9.59 Å². The van der Waals surface area contributed by atoms with E-state index in [9.17, 15) is 40.3 Å². The third-order valence-corrected chi connectivity index (χ3v) is 7.15. The minimum absolute atomic E-state index is 0.0398. The maximum atomic E-state index is 14.5. The van der Waals surface area contributed by atoms with Gasteiger partial charge in [0, 0.05) is 42.8 Å². The minimum Gasteiger partial charge on any atom is -0.339 e. The van der Waals surface area contributed by atoms with Crippen molar-refractivity contribution >= 4 is 11.7 Å². The van der Waals surface area contributed by atoms with Gasteiger partial charge in [0.25, 0.3) is 0 Å². The zero-order valence-corrected chi connectivity index (χ0v) is 17.0. The molecule has 2 unspecified atom stereocenters. The molecule has 0 aromatic heterocycles. The SMILES string of the molecule is O=C1CCC(C(=O)N2CCC3c4ccc(C(F)(C(F)(F)F)C(F)(F)F)cc4CCC32)CC1. The van der Waals surface area contributed by atoms with Gasteiger partial charge in [-0.05, 0) is 43.2 Å². The van der Waals surface area contributed by atoms with Crippen LogP contribution in [0.25, 0.3) is 0 Å². The van der Waals surface area contributed by atoms with Gasteiger partial charge in [-0.15, -0.1) is 0 Å². The summed E-state index contributed by atoms with van der Waals surface area (Å²) in [6, 6.07) is 2.21. The molecule has 2 fully saturated rings. The summed E-state index contributed by atoms with van der Waals surface area (Å²) < 4.78 is 93.1. The largest absolute Gasteiger partial charge is 0.435 e. The number of ketones is 1. The maximum Gasteiger partial charge on any atom is 0.435 e. The van der Waals surface area contributed by atoms with Crippen molar-refractivity contribution in [1.82, 2.24) is 4.90 Å². The fourth-order valence-corrected chi connectivity index (χ4v) is 5.46. The van der Waals surface area contributed by atoms with E-state index in [2.05, 4.69) is 0 Å². The zero-order chi connectivity index (χ0) is 23.5. The van der Waals surface area contributed by atoms with Crippen molar-refractivity contribution in [1.29, 1.82) is 0 Å². The molecular formula is C22H22F7NO2. The summed E-state index contributed by atoms with van der Waals surface area (Å²) >= 11 is 0. The van der Waals surface area contributed by atoms with E-state index in [-0.39, 0.29) is 41.6 Å². The molecule has 4 rings (SSSR count). The summed E-state index contributed by atoms with van der Waals surface area (Å²) in [5.41, 5.74) is -6.07. The van der Waals surface area contributed by atoms with Gasteiger partial charge in [0.1, 0.15) is 5.78 Å². The van der Waals surface area contributed by atoms with Crippen molar-refractivity contribution in [3.63, 3.8) is 0 Å². The number of nitrogens with zero attached hydrogens (tertiary/aromatic N) is 1. The van der Waals surface area contributed by atoms with Crippen molar-refractivity contribution in [2.75, 3.05) is 6.54 Å². The van der Waals surface area contributed by atoms with E-state index in [1.165, 1.54) is 0 Å². The van der Waals surface area contributed by atoms with Crippen molar-refractivity contribution in [2.45, 2.75) is 74.9 Å². The standard InChI is InChI=1S/C22H22F7NO2/c23-20(21(24,25)26,22(27,28)29)14-4-7-16-13(11-14)3-8-18-17(16)9-10-30(18)19(32)12-1-5-15(31)6-2-12/h4,7,11-12,17-18H,1-3,5-6,8-10H2. The number of Topliss-reactive ketones (excluding diaryl/α,β-unsaturated/α-hetero) is 1. The number of carbonyl (C=O) groups excluding carboxylic acids is 2. The summed E-state index contributed by atoms with van der Waals surface area (Å²) in [6.45, 7) is 0.442. The van der Waals surface area contributed by atoms with Crippen LogP contribution >= 0.6 is 0 Å². The molecule has 10 heteroatoms. The van der Waals surface area contributed by atoms with Gasteiger partial charge in [-0.25, -0.2) is 4.39 Å². The number of alkyl halides is 7. The lowest BCUT2D eigenvalue weighted by Gasteiger charge is -2.36. The van der Waals surface area contributed by atoms with Crippen LogP contribution in [0.5, 0.6) is 0 Å². The molecule has 0 radical (unpaired) electrons. The van der Waals surface area contributed by atoms with Crippen molar-refractivity contribution in [3.8, 4) is 0 Å². The lowest BCUT2D eigenvalue weighted by atomic mass is 9.77. The fourth-order valence-electron chi connectivity index (χ4n) is 5.46. The van der Waals surface area contributed by atoms with Crippen molar-refractivity contribution in [3.05, 3.63) is 34.9 Å². The number of carbonyl (C=O) groups is 2. The molecule has 1 aromatic carbocycles. The molecular weight excluding hydrogens is 443 g/mol. The summed E-state index contributed by atoms with van der Waals surface area (Å²) in [6.07, 6.45) is -9.48. The number of fused-ring (bicyclic) bond motifs is 3. The molecule has 1 aliphatic heterocycles. The number of hydrogen-bond acceptors (Lipinski definition) is 2. The Morgan fingerprint density at radius 3 is 2.09 bits per heavy atom. The van der Waals surface area contributed by atoms with Gasteiger partial charge >= 0.3 is 18.0 Å². The summed E-state index contributed by atoms with van der Waals surface area (Å²) in [7, 11) is 0. The lowest BCUT2D eigenvalue weighted by molar-refractivity contribution is -0.348. The molecule has 1 saturated carbocycles. The Kier molecular flexibility index (Phi) is 5.56. The number of rotatable bonds is 2. The highest BCUT2D eigenvalue weighted by Crippen LogP contribution is 2.54. The Labute approximate surface area is 179 Å². The quantitative estimate of drug-likeness (QED) is 0.551. The predicted molar refractivity (Wildman–Crippen MR) is 99.5 cm³/mol. The molecule has 3 aliphatic rings. The van der Waals surface area contributed by atoms with E-state index >= 15 is 0 Å². The number of aryl methyl sites for hydroxylation is 1. The topological polar surface area (TPSA) is 37.4 Å². The van der Waals surface area contributed by atoms with E-state index in [1.54, 1.807) is 4.90 Å². The van der Waals surface area contributed by atoms with Gasteiger partial charge in [-0.1, -0.05) is 18.2 Å². The number of likely N-dealkylation sites (tertiary alicyclic amines) is 1. The lowest BCUT2D eigenvalue weighted by Crippen LogP contribution is -2.50. The van der Waals surface area contributed by atoms with Crippen molar-refractivity contribution < 1.29 is 40.3 Å². The highest BCUT2D eigenvalue weighted by atomic mass is 19.4. The molecule has 3 nitrogen and oxygen atoms in total. The van der Waals surface area contributed by atoms with Gasteiger partial charge in [-0.2, -0.15) is 26.3 Å². The summed E-state index contributed by atoms with van der Waals surface area (Å²) in [5, 5.41) is 0. The molecule has 0 N–H and O–H groups in total. The van der Waals surface area contributed by atoms with Crippen LogP contribution in [0.2, 0.25) is 0 Å².